The largest absolute Gasteiger partial charge is 0.491 e. The summed E-state index contributed by atoms with van der Waals surface area (Å²) in [6.45, 7) is 3.49. The van der Waals surface area contributed by atoms with Crippen LogP contribution in [0.15, 0.2) is 54.6 Å². The average Bonchev–Trinajstić information content (AvgIpc) is 3.09. The Hall–Kier alpha value is -3.16. The summed E-state index contributed by atoms with van der Waals surface area (Å²) < 4.78 is 36.1. The van der Waals surface area contributed by atoms with Gasteiger partial charge in [-0.05, 0) is 61.4 Å². The minimum atomic E-state index is -1.55. The quantitative estimate of drug-likeness (QED) is 0.416. The molecule has 3 atom stereocenters. The van der Waals surface area contributed by atoms with Crippen LogP contribution in [-0.2, 0) is 15.0 Å². The number of hydrogen-bond acceptors (Lipinski definition) is 3. The molecule has 0 aliphatic carbocycles. The van der Waals surface area contributed by atoms with E-state index in [1.54, 1.807) is 56.3 Å². The molecular weight excluding hydrogens is 509 g/mol. The number of amides is 2. The van der Waals surface area contributed by atoms with E-state index in [2.05, 4.69) is 10.6 Å². The topological polar surface area (TPSA) is 67.4 Å². The minimum absolute atomic E-state index is 0.0375. The van der Waals surface area contributed by atoms with E-state index in [1.807, 2.05) is 0 Å². The number of rotatable bonds is 4. The first-order valence-corrected chi connectivity index (χ1v) is 12.2. The molecule has 3 aromatic carbocycles. The molecule has 36 heavy (non-hydrogen) atoms. The summed E-state index contributed by atoms with van der Waals surface area (Å²) in [6, 6.07) is 12.7. The number of hydrogen-bond donors (Lipinski definition) is 2. The van der Waals surface area contributed by atoms with Gasteiger partial charge in [0.05, 0.1) is 17.7 Å². The van der Waals surface area contributed by atoms with E-state index in [1.165, 1.54) is 6.07 Å². The second-order valence-electron chi connectivity index (χ2n) is 9.27. The lowest BCUT2D eigenvalue weighted by atomic mass is 9.59. The molecule has 0 bridgehead atoms. The summed E-state index contributed by atoms with van der Waals surface area (Å²) in [5.74, 6) is -3.94. The first-order valence-electron chi connectivity index (χ1n) is 11.4. The zero-order chi connectivity index (χ0) is 25.8. The summed E-state index contributed by atoms with van der Waals surface area (Å²) in [4.78, 5) is 27.1. The van der Waals surface area contributed by atoms with Crippen LogP contribution in [-0.4, -0.2) is 17.9 Å². The van der Waals surface area contributed by atoms with E-state index in [0.29, 0.717) is 26.9 Å². The number of anilines is 1. The van der Waals surface area contributed by atoms with Crippen molar-refractivity contribution in [2.75, 3.05) is 5.32 Å². The highest BCUT2D eigenvalue weighted by atomic mass is 35.5. The van der Waals surface area contributed by atoms with Crippen molar-refractivity contribution in [1.82, 2.24) is 5.32 Å². The van der Waals surface area contributed by atoms with Crippen molar-refractivity contribution in [3.63, 3.8) is 0 Å². The summed E-state index contributed by atoms with van der Waals surface area (Å²) in [5.41, 5.74) is -0.234. The minimum Gasteiger partial charge on any atom is -0.491 e. The normalized spacial score (nSPS) is 23.0. The van der Waals surface area contributed by atoms with Gasteiger partial charge in [-0.3, -0.25) is 9.59 Å². The predicted molar refractivity (Wildman–Crippen MR) is 134 cm³/mol. The highest BCUT2D eigenvalue weighted by molar-refractivity contribution is 6.31. The van der Waals surface area contributed by atoms with Crippen molar-refractivity contribution in [3.05, 3.63) is 93.0 Å². The van der Waals surface area contributed by atoms with Crippen LogP contribution in [0.25, 0.3) is 0 Å². The number of fused-ring (bicyclic) bond motifs is 2. The fourth-order valence-corrected chi connectivity index (χ4v) is 5.79. The Balaban J connectivity index is 1.85. The predicted octanol–water partition coefficient (Wildman–Crippen LogP) is 6.29. The number of nitrogens with one attached hydrogen (secondary N) is 2. The molecule has 1 spiro atoms. The number of carbonyl (C=O) groups is 2. The zero-order valence-corrected chi connectivity index (χ0v) is 20.9. The second kappa shape index (κ2) is 9.05. The molecule has 5 rings (SSSR count). The van der Waals surface area contributed by atoms with Gasteiger partial charge in [-0.2, -0.15) is 0 Å². The third-order valence-corrected chi connectivity index (χ3v) is 7.22. The number of halogens is 4. The molecule has 0 aromatic heterocycles. The van der Waals surface area contributed by atoms with Gasteiger partial charge in [0.1, 0.15) is 11.2 Å². The molecule has 2 amide bonds. The molecule has 2 heterocycles. The molecule has 2 aliphatic rings. The van der Waals surface area contributed by atoms with Crippen molar-refractivity contribution in [1.29, 1.82) is 0 Å². The van der Waals surface area contributed by atoms with Gasteiger partial charge in [-0.25, -0.2) is 8.78 Å². The van der Waals surface area contributed by atoms with Crippen LogP contribution in [0.3, 0.4) is 0 Å². The molecular formula is C27H22Cl2F2N2O3. The van der Waals surface area contributed by atoms with Crippen LogP contribution < -0.4 is 15.4 Å². The smallest absolute Gasteiger partial charge is 0.238 e. The second-order valence-corrected chi connectivity index (χ2v) is 10.1. The summed E-state index contributed by atoms with van der Waals surface area (Å²) in [7, 11) is 0. The lowest BCUT2D eigenvalue weighted by Crippen LogP contribution is -2.57. The molecule has 5 nitrogen and oxygen atoms in total. The number of carbonyl (C=O) groups excluding carboxylic acids is 2. The van der Waals surface area contributed by atoms with E-state index in [9.17, 15) is 14.0 Å². The highest BCUT2D eigenvalue weighted by Crippen LogP contribution is 2.59. The molecule has 186 valence electrons. The van der Waals surface area contributed by atoms with Gasteiger partial charge in [0.25, 0.3) is 0 Å². The van der Waals surface area contributed by atoms with Crippen LogP contribution in [0.4, 0.5) is 14.5 Å². The first-order chi connectivity index (χ1) is 17.1. The standard InChI is InChI=1S/C27H22Cl2F2N2O3/c1-13(2)36-21-9-8-19(30)24(31)23(21)25-27(17-7-6-16(29)11-20(17)32-26(27)35)18(12-22(34)33-25)14-4-3-5-15(28)10-14/h3-11,13,18,25H,12H2,1-2H3,(H,32,35)(H,33,34)/t18-,25+,27-/m1/s1. The molecule has 9 heteroatoms. The summed E-state index contributed by atoms with van der Waals surface area (Å²) in [5, 5.41) is 6.46. The number of ether oxygens (including phenoxy) is 1. The fraction of sp³-hybridized carbons (Fsp3) is 0.259. The molecule has 0 saturated carbocycles. The van der Waals surface area contributed by atoms with E-state index >= 15 is 4.39 Å². The van der Waals surface area contributed by atoms with Gasteiger partial charge in [-0.1, -0.05) is 41.4 Å². The number of piperidine rings is 1. The van der Waals surface area contributed by atoms with E-state index < -0.39 is 40.8 Å². The third kappa shape index (κ3) is 3.82. The molecule has 1 fully saturated rings. The van der Waals surface area contributed by atoms with E-state index in [4.69, 9.17) is 27.9 Å². The Morgan fingerprint density at radius 1 is 1.03 bits per heavy atom. The first kappa shape index (κ1) is 24.5. The summed E-state index contributed by atoms with van der Waals surface area (Å²) >= 11 is 12.5. The van der Waals surface area contributed by atoms with E-state index in [0.717, 1.165) is 6.07 Å². The third-order valence-electron chi connectivity index (χ3n) is 6.75. The average molecular weight is 531 g/mol. The molecule has 0 unspecified atom stereocenters. The van der Waals surface area contributed by atoms with Gasteiger partial charge in [0.2, 0.25) is 11.8 Å². The van der Waals surface area contributed by atoms with Gasteiger partial charge in [0.15, 0.2) is 11.6 Å². The number of benzene rings is 3. The van der Waals surface area contributed by atoms with Crippen LogP contribution in [0.1, 0.15) is 48.9 Å². The lowest BCUT2D eigenvalue weighted by Gasteiger charge is -2.46. The molecule has 3 aromatic rings. The fourth-order valence-electron chi connectivity index (χ4n) is 5.42. The van der Waals surface area contributed by atoms with Gasteiger partial charge < -0.3 is 15.4 Å². The molecule has 2 N–H and O–H groups in total. The molecule has 2 aliphatic heterocycles. The van der Waals surface area contributed by atoms with Crippen molar-refractivity contribution >= 4 is 40.7 Å². The van der Waals surface area contributed by atoms with Crippen molar-refractivity contribution in [2.24, 2.45) is 0 Å². The van der Waals surface area contributed by atoms with Crippen LogP contribution in [0, 0.1) is 11.6 Å². The molecule has 1 saturated heterocycles. The van der Waals surface area contributed by atoms with Crippen molar-refractivity contribution in [3.8, 4) is 5.75 Å². The van der Waals surface area contributed by atoms with Gasteiger partial charge >= 0.3 is 0 Å². The Morgan fingerprint density at radius 2 is 1.78 bits per heavy atom. The summed E-state index contributed by atoms with van der Waals surface area (Å²) in [6.07, 6.45) is -0.458. The Morgan fingerprint density at radius 3 is 2.50 bits per heavy atom. The van der Waals surface area contributed by atoms with Gasteiger partial charge in [-0.15, -0.1) is 0 Å². The van der Waals surface area contributed by atoms with Crippen molar-refractivity contribution < 1.29 is 23.1 Å². The highest BCUT2D eigenvalue weighted by Gasteiger charge is 2.62. The Bertz CT molecular complexity index is 1400. The van der Waals surface area contributed by atoms with Gasteiger partial charge in [0, 0.05) is 28.1 Å². The molecule has 0 radical (unpaired) electrons. The van der Waals surface area contributed by atoms with Crippen molar-refractivity contribution in [2.45, 2.75) is 43.7 Å². The van der Waals surface area contributed by atoms with Crippen LogP contribution in [0.5, 0.6) is 5.75 Å². The Kier molecular flexibility index (Phi) is 6.17. The lowest BCUT2D eigenvalue weighted by molar-refractivity contribution is -0.131. The van der Waals surface area contributed by atoms with Crippen LogP contribution >= 0.6 is 23.2 Å². The maximum Gasteiger partial charge on any atom is 0.238 e. The monoisotopic (exact) mass is 530 g/mol. The maximum atomic E-state index is 15.6. The SMILES string of the molecule is CC(C)Oc1ccc(F)c(F)c1[C@@H]1NC(=O)C[C@H](c2cccc(Cl)c2)[C@@]12C(=O)Nc1cc(Cl)ccc12. The maximum absolute atomic E-state index is 15.6. The van der Waals surface area contributed by atoms with Crippen LogP contribution in [0.2, 0.25) is 10.0 Å². The Labute approximate surface area is 216 Å². The zero-order valence-electron chi connectivity index (χ0n) is 19.4. The van der Waals surface area contributed by atoms with E-state index in [-0.39, 0.29) is 23.8 Å².